The van der Waals surface area contributed by atoms with Gasteiger partial charge in [-0.05, 0) is 35.9 Å². The number of hydrogen-bond donors (Lipinski definition) is 0. The van der Waals surface area contributed by atoms with Crippen LogP contribution in [0.4, 0.5) is 0 Å². The molecule has 0 aliphatic carbocycles. The van der Waals surface area contributed by atoms with Gasteiger partial charge in [0.2, 0.25) is 0 Å². The van der Waals surface area contributed by atoms with Crippen LogP contribution in [0.1, 0.15) is 15.2 Å². The molecule has 0 aliphatic rings. The lowest BCUT2D eigenvalue weighted by Gasteiger charge is -2.10. The van der Waals surface area contributed by atoms with Gasteiger partial charge in [-0.3, -0.25) is 4.79 Å². The minimum atomic E-state index is -0.113. The molecule has 1 heterocycles. The van der Waals surface area contributed by atoms with Crippen molar-refractivity contribution in [3.05, 3.63) is 50.1 Å². The Labute approximate surface area is 136 Å². The van der Waals surface area contributed by atoms with Crippen molar-refractivity contribution in [2.75, 3.05) is 14.2 Å². The summed E-state index contributed by atoms with van der Waals surface area (Å²) in [7, 11) is 3.05. The van der Waals surface area contributed by atoms with E-state index in [1.165, 1.54) is 31.6 Å². The van der Waals surface area contributed by atoms with E-state index in [4.69, 9.17) is 32.7 Å². The standard InChI is InChI=1S/C15H12Cl2O3S/c1-19-12-8-9(7-10(16)15(12)20-2)3-4-11(18)13-5-6-14(17)21-13/h3-8H,1-2H3. The van der Waals surface area contributed by atoms with Gasteiger partial charge < -0.3 is 9.47 Å². The van der Waals surface area contributed by atoms with Crippen molar-refractivity contribution in [1.29, 1.82) is 0 Å². The Bertz CT molecular complexity index is 692. The van der Waals surface area contributed by atoms with E-state index >= 15 is 0 Å². The van der Waals surface area contributed by atoms with Crippen molar-refractivity contribution in [2.24, 2.45) is 0 Å². The normalized spacial score (nSPS) is 10.9. The number of ketones is 1. The lowest BCUT2D eigenvalue weighted by Crippen LogP contribution is -1.93. The Morgan fingerprint density at radius 2 is 1.95 bits per heavy atom. The van der Waals surface area contributed by atoms with Gasteiger partial charge in [-0.25, -0.2) is 0 Å². The fourth-order valence-electron chi connectivity index (χ4n) is 1.73. The molecule has 0 saturated carbocycles. The van der Waals surface area contributed by atoms with Gasteiger partial charge in [0.1, 0.15) is 0 Å². The van der Waals surface area contributed by atoms with Crippen LogP contribution < -0.4 is 9.47 Å². The van der Waals surface area contributed by atoms with Crippen molar-refractivity contribution < 1.29 is 14.3 Å². The van der Waals surface area contributed by atoms with E-state index in [0.717, 1.165) is 5.56 Å². The Balaban J connectivity index is 2.25. The predicted molar refractivity (Wildman–Crippen MR) is 87.2 cm³/mol. The molecule has 0 amide bonds. The van der Waals surface area contributed by atoms with Crippen molar-refractivity contribution >= 4 is 46.4 Å². The number of methoxy groups -OCH3 is 2. The number of thiophene rings is 1. The summed E-state index contributed by atoms with van der Waals surface area (Å²) >= 11 is 13.2. The summed E-state index contributed by atoms with van der Waals surface area (Å²) < 4.78 is 11.0. The number of halogens is 2. The fraction of sp³-hybridized carbons (Fsp3) is 0.133. The summed E-state index contributed by atoms with van der Waals surface area (Å²) in [6, 6.07) is 6.84. The van der Waals surface area contributed by atoms with Crippen LogP contribution in [0.25, 0.3) is 6.08 Å². The molecule has 0 saturated heterocycles. The number of carbonyl (C=O) groups is 1. The molecular weight excluding hydrogens is 331 g/mol. The van der Waals surface area contributed by atoms with E-state index in [2.05, 4.69) is 0 Å². The molecular formula is C15H12Cl2O3S. The second kappa shape index (κ2) is 6.98. The van der Waals surface area contributed by atoms with Crippen molar-refractivity contribution in [3.63, 3.8) is 0 Å². The van der Waals surface area contributed by atoms with Crippen LogP contribution in [0, 0.1) is 0 Å². The van der Waals surface area contributed by atoms with E-state index in [1.807, 2.05) is 0 Å². The van der Waals surface area contributed by atoms with Crippen molar-refractivity contribution in [2.45, 2.75) is 0 Å². The molecule has 6 heteroatoms. The minimum absolute atomic E-state index is 0.113. The van der Waals surface area contributed by atoms with Gasteiger partial charge in [0.15, 0.2) is 17.3 Å². The molecule has 2 rings (SSSR count). The third-order valence-electron chi connectivity index (χ3n) is 2.70. The first kappa shape index (κ1) is 15.9. The van der Waals surface area contributed by atoms with Gasteiger partial charge in [-0.15, -0.1) is 11.3 Å². The lowest BCUT2D eigenvalue weighted by molar-refractivity contribution is 0.105. The Hall–Kier alpha value is -1.49. The van der Waals surface area contributed by atoms with Gasteiger partial charge in [-0.2, -0.15) is 0 Å². The number of benzene rings is 1. The molecule has 2 aromatic rings. The van der Waals surface area contributed by atoms with Gasteiger partial charge >= 0.3 is 0 Å². The Morgan fingerprint density at radius 3 is 2.52 bits per heavy atom. The molecule has 0 fully saturated rings. The molecule has 3 nitrogen and oxygen atoms in total. The highest BCUT2D eigenvalue weighted by molar-refractivity contribution is 7.18. The number of allylic oxidation sites excluding steroid dienone is 1. The van der Waals surface area contributed by atoms with Crippen LogP contribution in [0.3, 0.4) is 0 Å². The van der Waals surface area contributed by atoms with Crippen LogP contribution in [0.2, 0.25) is 9.36 Å². The van der Waals surface area contributed by atoms with E-state index in [9.17, 15) is 4.79 Å². The van der Waals surface area contributed by atoms with E-state index < -0.39 is 0 Å². The molecule has 110 valence electrons. The minimum Gasteiger partial charge on any atom is -0.493 e. The van der Waals surface area contributed by atoms with Gasteiger partial charge in [0, 0.05) is 0 Å². The van der Waals surface area contributed by atoms with E-state index in [0.29, 0.717) is 25.7 Å². The largest absolute Gasteiger partial charge is 0.493 e. The summed E-state index contributed by atoms with van der Waals surface area (Å²) in [5.41, 5.74) is 0.744. The first-order valence-electron chi connectivity index (χ1n) is 5.94. The number of hydrogen-bond acceptors (Lipinski definition) is 4. The highest BCUT2D eigenvalue weighted by Gasteiger charge is 2.10. The topological polar surface area (TPSA) is 35.5 Å². The van der Waals surface area contributed by atoms with Gasteiger partial charge in [0.05, 0.1) is 28.5 Å². The molecule has 0 radical (unpaired) electrons. The SMILES string of the molecule is COc1cc(C=CC(=O)c2ccc(Cl)s2)cc(Cl)c1OC. The summed E-state index contributed by atoms with van der Waals surface area (Å²) in [6.45, 7) is 0. The second-order valence-corrected chi connectivity index (χ2v) is 6.16. The third kappa shape index (κ3) is 3.79. The average Bonchev–Trinajstić information content (AvgIpc) is 2.90. The summed E-state index contributed by atoms with van der Waals surface area (Å²) in [5.74, 6) is 0.863. The molecule has 0 N–H and O–H groups in total. The van der Waals surface area contributed by atoms with Gasteiger partial charge in [-0.1, -0.05) is 29.3 Å². The summed E-state index contributed by atoms with van der Waals surface area (Å²) in [6.07, 6.45) is 3.14. The smallest absolute Gasteiger partial charge is 0.195 e. The maximum absolute atomic E-state index is 12.0. The zero-order valence-corrected chi connectivity index (χ0v) is 13.7. The first-order valence-corrected chi connectivity index (χ1v) is 7.51. The van der Waals surface area contributed by atoms with E-state index in [1.54, 1.807) is 30.3 Å². The molecule has 1 aromatic carbocycles. The number of rotatable bonds is 5. The van der Waals surface area contributed by atoms with Crippen LogP contribution >= 0.6 is 34.5 Å². The van der Waals surface area contributed by atoms with E-state index in [-0.39, 0.29) is 5.78 Å². The number of ether oxygens (including phenoxy) is 2. The molecule has 0 aliphatic heterocycles. The van der Waals surface area contributed by atoms with Gasteiger partial charge in [0.25, 0.3) is 0 Å². The molecule has 0 bridgehead atoms. The van der Waals surface area contributed by atoms with Crippen LogP contribution in [-0.4, -0.2) is 20.0 Å². The predicted octanol–water partition coefficient (Wildman–Crippen LogP) is 4.97. The fourth-order valence-corrected chi connectivity index (χ4v) is 2.99. The highest BCUT2D eigenvalue weighted by Crippen LogP contribution is 2.36. The molecule has 21 heavy (non-hydrogen) atoms. The number of carbonyl (C=O) groups excluding carboxylic acids is 1. The van der Waals surface area contributed by atoms with Crippen LogP contribution in [-0.2, 0) is 0 Å². The lowest BCUT2D eigenvalue weighted by atomic mass is 10.1. The molecule has 0 unspecified atom stereocenters. The molecule has 0 atom stereocenters. The highest BCUT2D eigenvalue weighted by atomic mass is 35.5. The van der Waals surface area contributed by atoms with Crippen molar-refractivity contribution in [3.8, 4) is 11.5 Å². The maximum atomic E-state index is 12.0. The van der Waals surface area contributed by atoms with Crippen LogP contribution in [0.5, 0.6) is 11.5 Å². The molecule has 0 spiro atoms. The van der Waals surface area contributed by atoms with Crippen LogP contribution in [0.15, 0.2) is 30.3 Å². The zero-order chi connectivity index (χ0) is 15.4. The summed E-state index contributed by atoms with van der Waals surface area (Å²) in [5, 5.41) is 0.420. The average molecular weight is 343 g/mol. The quantitative estimate of drug-likeness (QED) is 0.568. The molecule has 1 aromatic heterocycles. The Morgan fingerprint density at radius 1 is 1.19 bits per heavy atom. The second-order valence-electron chi connectivity index (χ2n) is 4.04. The maximum Gasteiger partial charge on any atom is 0.195 e. The third-order valence-corrected chi connectivity index (χ3v) is 4.23. The monoisotopic (exact) mass is 342 g/mol. The first-order chi connectivity index (χ1) is 10.0. The van der Waals surface area contributed by atoms with Crippen molar-refractivity contribution in [1.82, 2.24) is 0 Å². The Kier molecular flexibility index (Phi) is 5.28. The summed E-state index contributed by atoms with van der Waals surface area (Å²) in [4.78, 5) is 12.6. The zero-order valence-electron chi connectivity index (χ0n) is 11.4.